The standard InChI is InChI=1S/C22H23N3O6S/c1-3-5-12-31-17-9-6-15(7-10-17)21(27)23-22-24(14-20(26)30-4-2)18-11-8-16(25(28)29)13-19(18)32-22/h6-11,13H,3-5,12,14H2,1-2H3. The van der Waals surface area contributed by atoms with Crippen molar-refractivity contribution in [2.45, 2.75) is 33.2 Å². The highest BCUT2D eigenvalue weighted by atomic mass is 32.1. The second-order valence-electron chi connectivity index (χ2n) is 6.83. The fourth-order valence-corrected chi connectivity index (χ4v) is 3.99. The summed E-state index contributed by atoms with van der Waals surface area (Å²) in [6, 6.07) is 10.9. The number of thiazole rings is 1. The predicted octanol–water partition coefficient (Wildman–Crippen LogP) is 4.09. The number of fused-ring (bicyclic) bond motifs is 1. The maximum absolute atomic E-state index is 12.8. The Morgan fingerprint density at radius 3 is 2.56 bits per heavy atom. The Morgan fingerprint density at radius 1 is 1.16 bits per heavy atom. The van der Waals surface area contributed by atoms with Crippen LogP contribution in [0.2, 0.25) is 0 Å². The molecule has 9 nitrogen and oxygen atoms in total. The summed E-state index contributed by atoms with van der Waals surface area (Å²) < 4.78 is 12.7. The molecule has 0 fully saturated rings. The molecule has 1 aromatic heterocycles. The second-order valence-corrected chi connectivity index (χ2v) is 7.84. The highest BCUT2D eigenvalue weighted by Gasteiger charge is 2.16. The van der Waals surface area contributed by atoms with Gasteiger partial charge in [0, 0.05) is 17.7 Å². The van der Waals surface area contributed by atoms with Gasteiger partial charge in [-0.15, -0.1) is 0 Å². The molecule has 1 amide bonds. The Hall–Kier alpha value is -3.53. The molecule has 0 radical (unpaired) electrons. The van der Waals surface area contributed by atoms with E-state index in [1.54, 1.807) is 31.2 Å². The zero-order valence-corrected chi connectivity index (χ0v) is 18.6. The molecule has 32 heavy (non-hydrogen) atoms. The molecule has 2 aromatic carbocycles. The summed E-state index contributed by atoms with van der Waals surface area (Å²) in [5.74, 6) is -0.321. The van der Waals surface area contributed by atoms with E-state index in [0.717, 1.165) is 24.2 Å². The number of carbonyl (C=O) groups is 2. The third kappa shape index (κ3) is 5.58. The molecule has 0 spiro atoms. The van der Waals surface area contributed by atoms with Crippen molar-refractivity contribution < 1.29 is 24.0 Å². The van der Waals surface area contributed by atoms with Gasteiger partial charge in [0.15, 0.2) is 4.80 Å². The third-order valence-electron chi connectivity index (χ3n) is 4.53. The average molecular weight is 458 g/mol. The lowest BCUT2D eigenvalue weighted by Crippen LogP contribution is -2.23. The summed E-state index contributed by atoms with van der Waals surface area (Å²) in [6.45, 7) is 4.43. The number of benzene rings is 2. The molecule has 0 aliphatic rings. The Balaban J connectivity index is 1.96. The van der Waals surface area contributed by atoms with Crippen LogP contribution < -0.4 is 9.54 Å². The molecule has 0 unspecified atom stereocenters. The minimum Gasteiger partial charge on any atom is -0.494 e. The van der Waals surface area contributed by atoms with Gasteiger partial charge in [0.25, 0.3) is 11.6 Å². The SMILES string of the molecule is CCCCOc1ccc(C(=O)N=c2sc3cc([N+](=O)[O-])ccc3n2CC(=O)OCC)cc1. The van der Waals surface area contributed by atoms with Crippen molar-refractivity contribution in [3.05, 3.63) is 62.9 Å². The predicted molar refractivity (Wildman–Crippen MR) is 120 cm³/mol. The monoisotopic (exact) mass is 457 g/mol. The molecule has 0 saturated heterocycles. The molecular weight excluding hydrogens is 434 g/mol. The molecule has 0 aliphatic carbocycles. The Morgan fingerprint density at radius 2 is 1.91 bits per heavy atom. The smallest absolute Gasteiger partial charge is 0.326 e. The van der Waals surface area contributed by atoms with Crippen molar-refractivity contribution >= 4 is 39.1 Å². The van der Waals surface area contributed by atoms with E-state index in [1.807, 2.05) is 0 Å². The molecule has 168 valence electrons. The minimum atomic E-state index is -0.499. The van der Waals surface area contributed by atoms with E-state index in [1.165, 1.54) is 22.8 Å². The summed E-state index contributed by atoms with van der Waals surface area (Å²) >= 11 is 1.09. The molecule has 10 heteroatoms. The summed E-state index contributed by atoms with van der Waals surface area (Å²) in [7, 11) is 0. The van der Waals surface area contributed by atoms with Gasteiger partial charge in [0.2, 0.25) is 0 Å². The van der Waals surface area contributed by atoms with Crippen LogP contribution in [0.15, 0.2) is 47.5 Å². The summed E-state index contributed by atoms with van der Waals surface area (Å²) in [5.41, 5.74) is 0.831. The first-order valence-corrected chi connectivity index (χ1v) is 11.0. The third-order valence-corrected chi connectivity index (χ3v) is 5.58. The average Bonchev–Trinajstić information content (AvgIpc) is 3.10. The van der Waals surface area contributed by atoms with E-state index in [-0.39, 0.29) is 23.6 Å². The summed E-state index contributed by atoms with van der Waals surface area (Å²) in [4.78, 5) is 39.9. The molecule has 0 atom stereocenters. The van der Waals surface area contributed by atoms with Gasteiger partial charge in [-0.25, -0.2) is 0 Å². The van der Waals surface area contributed by atoms with Crippen molar-refractivity contribution in [3.63, 3.8) is 0 Å². The van der Waals surface area contributed by atoms with Gasteiger partial charge in [0.1, 0.15) is 12.3 Å². The van der Waals surface area contributed by atoms with Gasteiger partial charge in [0.05, 0.1) is 28.4 Å². The second kappa shape index (κ2) is 10.7. The molecule has 0 saturated carbocycles. The molecule has 1 heterocycles. The lowest BCUT2D eigenvalue weighted by atomic mass is 10.2. The number of ether oxygens (including phenoxy) is 2. The first-order valence-electron chi connectivity index (χ1n) is 10.2. The number of non-ortho nitro benzene ring substituents is 1. The molecule has 0 aliphatic heterocycles. The highest BCUT2D eigenvalue weighted by Crippen LogP contribution is 2.23. The van der Waals surface area contributed by atoms with Crippen LogP contribution in [0, 0.1) is 10.1 Å². The van der Waals surface area contributed by atoms with Crippen LogP contribution in [0.3, 0.4) is 0 Å². The van der Waals surface area contributed by atoms with Gasteiger partial charge in [-0.05, 0) is 43.7 Å². The number of nitro groups is 1. The first kappa shape index (κ1) is 23.1. The maximum Gasteiger partial charge on any atom is 0.326 e. The Kier molecular flexibility index (Phi) is 7.72. The molecule has 3 rings (SSSR count). The lowest BCUT2D eigenvalue weighted by molar-refractivity contribution is -0.384. The van der Waals surface area contributed by atoms with Crippen LogP contribution in [-0.2, 0) is 16.1 Å². The van der Waals surface area contributed by atoms with Crippen LogP contribution >= 0.6 is 11.3 Å². The van der Waals surface area contributed by atoms with Crippen molar-refractivity contribution in [2.24, 2.45) is 4.99 Å². The maximum atomic E-state index is 12.8. The van der Waals surface area contributed by atoms with Crippen LogP contribution in [0.5, 0.6) is 5.75 Å². The van der Waals surface area contributed by atoms with E-state index in [0.29, 0.717) is 28.1 Å². The van der Waals surface area contributed by atoms with Crippen molar-refractivity contribution in [1.29, 1.82) is 0 Å². The van der Waals surface area contributed by atoms with Gasteiger partial charge >= 0.3 is 5.97 Å². The lowest BCUT2D eigenvalue weighted by Gasteiger charge is -2.06. The molecule has 0 bridgehead atoms. The number of carbonyl (C=O) groups excluding carboxylic acids is 2. The van der Waals surface area contributed by atoms with Gasteiger partial charge in [-0.1, -0.05) is 24.7 Å². The summed E-state index contributed by atoms with van der Waals surface area (Å²) in [5, 5.41) is 11.1. The molecular formula is C22H23N3O6S. The number of rotatable bonds is 9. The van der Waals surface area contributed by atoms with E-state index >= 15 is 0 Å². The first-order chi connectivity index (χ1) is 15.4. The normalized spacial score (nSPS) is 11.5. The van der Waals surface area contributed by atoms with Crippen molar-refractivity contribution in [2.75, 3.05) is 13.2 Å². The number of unbranched alkanes of at least 4 members (excludes halogenated alkanes) is 1. The zero-order chi connectivity index (χ0) is 23.1. The number of nitro benzene ring substituents is 1. The topological polar surface area (TPSA) is 113 Å². The minimum absolute atomic E-state index is 0.0847. The van der Waals surface area contributed by atoms with Gasteiger partial charge < -0.3 is 14.0 Å². The van der Waals surface area contributed by atoms with E-state index in [9.17, 15) is 19.7 Å². The molecule has 3 aromatic rings. The number of amides is 1. The largest absolute Gasteiger partial charge is 0.494 e. The van der Waals surface area contributed by atoms with Crippen LogP contribution in [-0.4, -0.2) is 34.6 Å². The molecule has 0 N–H and O–H groups in total. The Bertz CT molecular complexity index is 1200. The van der Waals surface area contributed by atoms with E-state index in [2.05, 4.69) is 11.9 Å². The number of hydrogen-bond acceptors (Lipinski definition) is 7. The quantitative estimate of drug-likeness (QED) is 0.207. The number of nitrogens with zero attached hydrogens (tertiary/aromatic N) is 3. The van der Waals surface area contributed by atoms with Crippen LogP contribution in [0.1, 0.15) is 37.0 Å². The summed E-state index contributed by atoms with van der Waals surface area (Å²) in [6.07, 6.45) is 1.97. The van der Waals surface area contributed by atoms with E-state index in [4.69, 9.17) is 9.47 Å². The van der Waals surface area contributed by atoms with E-state index < -0.39 is 16.8 Å². The number of esters is 1. The number of aromatic nitrogens is 1. The van der Waals surface area contributed by atoms with Gasteiger partial charge in [-0.2, -0.15) is 4.99 Å². The van der Waals surface area contributed by atoms with Crippen LogP contribution in [0.4, 0.5) is 5.69 Å². The number of hydrogen-bond donors (Lipinski definition) is 0. The fourth-order valence-electron chi connectivity index (χ4n) is 2.93. The fraction of sp³-hybridized carbons (Fsp3) is 0.318. The zero-order valence-electron chi connectivity index (χ0n) is 17.8. The van der Waals surface area contributed by atoms with Gasteiger partial charge in [-0.3, -0.25) is 19.7 Å². The van der Waals surface area contributed by atoms with Crippen molar-refractivity contribution in [1.82, 2.24) is 4.57 Å². The Labute approximate surface area is 188 Å². The van der Waals surface area contributed by atoms with Crippen LogP contribution in [0.25, 0.3) is 10.2 Å². The van der Waals surface area contributed by atoms with Crippen molar-refractivity contribution in [3.8, 4) is 5.75 Å². The highest BCUT2D eigenvalue weighted by molar-refractivity contribution is 7.16.